The first-order valence-electron chi connectivity index (χ1n) is 6.96. The van der Waals surface area contributed by atoms with Gasteiger partial charge < -0.3 is 10.6 Å². The molecule has 0 aromatic heterocycles. The van der Waals surface area contributed by atoms with Gasteiger partial charge in [0.1, 0.15) is 0 Å². The first-order valence-corrected chi connectivity index (χ1v) is 8.13. The molecular weight excluding hydrogens is 335 g/mol. The molecule has 0 spiro atoms. The fourth-order valence-electron chi connectivity index (χ4n) is 2.26. The van der Waals surface area contributed by atoms with E-state index in [-0.39, 0.29) is 6.04 Å². The topological polar surface area (TPSA) is 24.1 Å². The van der Waals surface area contributed by atoms with E-state index in [4.69, 9.17) is 35.4 Å². The summed E-state index contributed by atoms with van der Waals surface area (Å²) in [5.74, 6) is 0. The average Bonchev–Trinajstić information content (AvgIpc) is 2.43. The van der Waals surface area contributed by atoms with Gasteiger partial charge in [-0.2, -0.15) is 0 Å². The largest absolute Gasteiger partial charge is 0.356 e. The molecule has 2 aromatic carbocycles. The van der Waals surface area contributed by atoms with Gasteiger partial charge >= 0.3 is 0 Å². The molecule has 2 rings (SSSR count). The number of aryl methyl sites for hydroxylation is 2. The third-order valence-electron chi connectivity index (χ3n) is 3.39. The second-order valence-electron chi connectivity index (χ2n) is 5.31. The molecule has 0 heterocycles. The van der Waals surface area contributed by atoms with Gasteiger partial charge in [0.15, 0.2) is 5.11 Å². The first-order chi connectivity index (χ1) is 10.4. The fraction of sp³-hybridized carbons (Fsp3) is 0.235. The van der Waals surface area contributed by atoms with E-state index in [2.05, 4.69) is 16.7 Å². The standard InChI is InChI=1S/C17H18Cl2N2S/c1-10-8-11(2)16(15(19)9-10)21-17(22)20-12(3)13-4-6-14(18)7-5-13/h4-9,12H,1-3H3,(H2,20,21,22)/t12-/m0/s1. The minimum Gasteiger partial charge on any atom is -0.356 e. The van der Waals surface area contributed by atoms with Crippen molar-refractivity contribution in [1.82, 2.24) is 5.32 Å². The van der Waals surface area contributed by atoms with Crippen molar-refractivity contribution in [3.05, 3.63) is 63.1 Å². The van der Waals surface area contributed by atoms with Gasteiger partial charge in [0.25, 0.3) is 0 Å². The van der Waals surface area contributed by atoms with Crippen molar-refractivity contribution in [2.24, 2.45) is 0 Å². The lowest BCUT2D eigenvalue weighted by molar-refractivity contribution is 0.722. The fourth-order valence-corrected chi connectivity index (χ4v) is 3.03. The van der Waals surface area contributed by atoms with Gasteiger partial charge in [-0.1, -0.05) is 41.4 Å². The molecule has 0 bridgehead atoms. The Morgan fingerprint density at radius 3 is 2.32 bits per heavy atom. The Kier molecular flexibility index (Phi) is 5.68. The van der Waals surface area contributed by atoms with Crippen LogP contribution < -0.4 is 10.6 Å². The lowest BCUT2D eigenvalue weighted by Gasteiger charge is -2.19. The van der Waals surface area contributed by atoms with Crippen molar-refractivity contribution in [2.75, 3.05) is 5.32 Å². The minimum atomic E-state index is 0.0711. The molecule has 1 atom stereocenters. The predicted molar refractivity (Wildman–Crippen MR) is 100 cm³/mol. The normalized spacial score (nSPS) is 11.9. The number of halogens is 2. The Morgan fingerprint density at radius 1 is 1.09 bits per heavy atom. The summed E-state index contributed by atoms with van der Waals surface area (Å²) in [6, 6.07) is 11.8. The molecule has 5 heteroatoms. The van der Waals surface area contributed by atoms with E-state index in [1.54, 1.807) is 0 Å². The number of hydrogen-bond donors (Lipinski definition) is 2. The summed E-state index contributed by atoms with van der Waals surface area (Å²) in [5.41, 5.74) is 4.14. The molecule has 0 aliphatic carbocycles. The number of hydrogen-bond acceptors (Lipinski definition) is 1. The van der Waals surface area contributed by atoms with Crippen LogP contribution in [-0.4, -0.2) is 5.11 Å². The van der Waals surface area contributed by atoms with Crippen LogP contribution in [0.3, 0.4) is 0 Å². The molecule has 22 heavy (non-hydrogen) atoms. The summed E-state index contributed by atoms with van der Waals surface area (Å²) in [6.45, 7) is 6.06. The number of benzene rings is 2. The molecule has 2 N–H and O–H groups in total. The van der Waals surface area contributed by atoms with Crippen LogP contribution in [0.4, 0.5) is 5.69 Å². The highest BCUT2D eigenvalue weighted by Gasteiger charge is 2.10. The van der Waals surface area contributed by atoms with Crippen LogP contribution in [0.5, 0.6) is 0 Å². The molecule has 0 saturated heterocycles. The van der Waals surface area contributed by atoms with E-state index < -0.39 is 0 Å². The summed E-state index contributed by atoms with van der Waals surface area (Å²) >= 11 is 17.6. The van der Waals surface area contributed by atoms with Gasteiger partial charge in [-0.25, -0.2) is 0 Å². The molecule has 116 valence electrons. The van der Waals surface area contributed by atoms with Crippen molar-refractivity contribution in [1.29, 1.82) is 0 Å². The maximum Gasteiger partial charge on any atom is 0.171 e. The van der Waals surface area contributed by atoms with Crippen LogP contribution in [-0.2, 0) is 0 Å². The first kappa shape index (κ1) is 17.1. The number of anilines is 1. The zero-order valence-electron chi connectivity index (χ0n) is 12.7. The summed E-state index contributed by atoms with van der Waals surface area (Å²) in [5, 5.41) is 8.36. The minimum absolute atomic E-state index is 0.0711. The Bertz CT molecular complexity index is 661. The van der Waals surface area contributed by atoms with Gasteiger partial charge in [-0.05, 0) is 67.9 Å². The molecule has 0 radical (unpaired) electrons. The molecule has 0 unspecified atom stereocenters. The highest BCUT2D eigenvalue weighted by atomic mass is 35.5. The van der Waals surface area contributed by atoms with Crippen molar-refractivity contribution < 1.29 is 0 Å². The number of thiocarbonyl (C=S) groups is 1. The summed E-state index contributed by atoms with van der Waals surface area (Å²) in [6.07, 6.45) is 0. The van der Waals surface area contributed by atoms with E-state index in [0.717, 1.165) is 27.4 Å². The predicted octanol–water partition coefficient (Wildman–Crippen LogP) is 5.66. The highest BCUT2D eigenvalue weighted by Crippen LogP contribution is 2.27. The van der Waals surface area contributed by atoms with E-state index in [9.17, 15) is 0 Å². The van der Waals surface area contributed by atoms with E-state index >= 15 is 0 Å². The van der Waals surface area contributed by atoms with Crippen molar-refractivity contribution in [3.63, 3.8) is 0 Å². The van der Waals surface area contributed by atoms with Gasteiger partial charge in [0, 0.05) is 5.02 Å². The van der Waals surface area contributed by atoms with Crippen molar-refractivity contribution in [2.45, 2.75) is 26.8 Å². The number of rotatable bonds is 3. The van der Waals surface area contributed by atoms with Crippen LogP contribution >= 0.6 is 35.4 Å². The smallest absolute Gasteiger partial charge is 0.171 e. The van der Waals surface area contributed by atoms with Gasteiger partial charge in [-0.15, -0.1) is 0 Å². The van der Waals surface area contributed by atoms with E-state index in [1.807, 2.05) is 51.1 Å². The Labute approximate surface area is 146 Å². The van der Waals surface area contributed by atoms with Crippen LogP contribution in [0, 0.1) is 13.8 Å². The summed E-state index contributed by atoms with van der Waals surface area (Å²) < 4.78 is 0. The lowest BCUT2D eigenvalue weighted by atomic mass is 10.1. The van der Waals surface area contributed by atoms with Gasteiger partial charge in [0.2, 0.25) is 0 Å². The van der Waals surface area contributed by atoms with Crippen molar-refractivity contribution >= 4 is 46.2 Å². The molecule has 0 aliphatic heterocycles. The van der Waals surface area contributed by atoms with Gasteiger partial charge in [-0.3, -0.25) is 0 Å². The third-order valence-corrected chi connectivity index (χ3v) is 4.16. The maximum atomic E-state index is 6.29. The molecule has 0 amide bonds. The third kappa shape index (κ3) is 4.35. The van der Waals surface area contributed by atoms with Crippen molar-refractivity contribution in [3.8, 4) is 0 Å². The van der Waals surface area contributed by atoms with Crippen LogP contribution in [0.25, 0.3) is 0 Å². The zero-order valence-corrected chi connectivity index (χ0v) is 15.0. The molecule has 0 aliphatic rings. The van der Waals surface area contributed by atoms with Crippen LogP contribution in [0.2, 0.25) is 10.0 Å². The zero-order chi connectivity index (χ0) is 16.3. The molecule has 2 aromatic rings. The second-order valence-corrected chi connectivity index (χ2v) is 6.56. The number of nitrogens with one attached hydrogen (secondary N) is 2. The SMILES string of the molecule is Cc1cc(C)c(NC(=S)N[C@@H](C)c2ccc(Cl)cc2)c(Cl)c1. The Balaban J connectivity index is 2.05. The van der Waals surface area contributed by atoms with Crippen LogP contribution in [0.1, 0.15) is 29.7 Å². The Morgan fingerprint density at radius 2 is 1.73 bits per heavy atom. The van der Waals surface area contributed by atoms with E-state index in [1.165, 1.54) is 0 Å². The lowest BCUT2D eigenvalue weighted by Crippen LogP contribution is -2.31. The molecule has 0 fully saturated rings. The Hall–Kier alpha value is -1.29. The average molecular weight is 353 g/mol. The van der Waals surface area contributed by atoms with E-state index in [0.29, 0.717) is 10.1 Å². The second kappa shape index (κ2) is 7.32. The highest BCUT2D eigenvalue weighted by molar-refractivity contribution is 7.80. The van der Waals surface area contributed by atoms with Crippen LogP contribution in [0.15, 0.2) is 36.4 Å². The molecule has 0 saturated carbocycles. The van der Waals surface area contributed by atoms with Gasteiger partial charge in [0.05, 0.1) is 16.8 Å². The quantitative estimate of drug-likeness (QED) is 0.697. The monoisotopic (exact) mass is 352 g/mol. The maximum absolute atomic E-state index is 6.29. The molecular formula is C17H18Cl2N2S. The summed E-state index contributed by atoms with van der Waals surface area (Å²) in [7, 11) is 0. The summed E-state index contributed by atoms with van der Waals surface area (Å²) in [4.78, 5) is 0. The molecule has 2 nitrogen and oxygen atoms in total.